The Morgan fingerprint density at radius 1 is 1.53 bits per heavy atom. The van der Waals surface area contributed by atoms with Crippen LogP contribution in [0.5, 0.6) is 0 Å². The van der Waals surface area contributed by atoms with Crippen LogP contribution in [0.4, 0.5) is 0 Å². The number of amides is 1. The summed E-state index contributed by atoms with van der Waals surface area (Å²) in [5.74, 6) is 0.528. The Hall–Kier alpha value is -0.610. The molecule has 1 saturated heterocycles. The minimum atomic E-state index is -0.257. The van der Waals surface area contributed by atoms with Gasteiger partial charge in [-0.05, 0) is 59.5 Å². The largest absolute Gasteiger partial charge is 0.366 e. The molecule has 0 aliphatic carbocycles. The first-order valence-electron chi connectivity index (χ1n) is 6.52. The van der Waals surface area contributed by atoms with Gasteiger partial charge in [0.1, 0.15) is 6.61 Å². The van der Waals surface area contributed by atoms with Gasteiger partial charge in [0.25, 0.3) is 0 Å². The monoisotopic (exact) mass is 242 g/mol. The Morgan fingerprint density at radius 2 is 2.24 bits per heavy atom. The fraction of sp³-hybridized carbons (Fsp3) is 0.923. The smallest absolute Gasteiger partial charge is 0.246 e. The fourth-order valence-corrected chi connectivity index (χ4v) is 2.00. The molecular formula is C13H26N2O2. The number of piperidine rings is 1. The van der Waals surface area contributed by atoms with Crippen LogP contribution in [-0.4, -0.2) is 37.2 Å². The normalized spacial score (nSPS) is 23.2. The summed E-state index contributed by atoms with van der Waals surface area (Å²) in [7, 11) is 0. The summed E-state index contributed by atoms with van der Waals surface area (Å²) >= 11 is 0. The molecule has 0 saturated carbocycles. The maximum atomic E-state index is 11.7. The SMILES string of the molecule is CC(NC(=O)COC(C)(C)C)C1CCCNC1. The third-order valence-electron chi connectivity index (χ3n) is 3.07. The maximum Gasteiger partial charge on any atom is 0.246 e. The highest BCUT2D eigenvalue weighted by molar-refractivity contribution is 5.77. The van der Waals surface area contributed by atoms with E-state index in [9.17, 15) is 4.79 Å². The van der Waals surface area contributed by atoms with E-state index in [1.807, 2.05) is 20.8 Å². The highest BCUT2D eigenvalue weighted by Gasteiger charge is 2.21. The summed E-state index contributed by atoms with van der Waals surface area (Å²) in [6, 6.07) is 0.221. The van der Waals surface area contributed by atoms with Crippen molar-refractivity contribution in [1.82, 2.24) is 10.6 Å². The van der Waals surface area contributed by atoms with E-state index in [0.29, 0.717) is 5.92 Å². The van der Waals surface area contributed by atoms with Crippen LogP contribution in [0.3, 0.4) is 0 Å². The van der Waals surface area contributed by atoms with Gasteiger partial charge >= 0.3 is 0 Å². The van der Waals surface area contributed by atoms with Crippen molar-refractivity contribution in [3.63, 3.8) is 0 Å². The Kier molecular flexibility index (Phi) is 5.40. The number of nitrogens with one attached hydrogen (secondary N) is 2. The molecule has 1 aliphatic rings. The molecule has 1 rings (SSSR count). The quantitative estimate of drug-likeness (QED) is 0.781. The van der Waals surface area contributed by atoms with Crippen LogP contribution in [0.25, 0.3) is 0 Å². The van der Waals surface area contributed by atoms with Crippen LogP contribution in [0, 0.1) is 5.92 Å². The van der Waals surface area contributed by atoms with E-state index in [2.05, 4.69) is 17.6 Å². The number of ether oxygens (including phenoxy) is 1. The van der Waals surface area contributed by atoms with E-state index >= 15 is 0 Å². The van der Waals surface area contributed by atoms with E-state index in [4.69, 9.17) is 4.74 Å². The lowest BCUT2D eigenvalue weighted by Gasteiger charge is -2.29. The zero-order chi connectivity index (χ0) is 12.9. The molecule has 1 fully saturated rings. The minimum absolute atomic E-state index is 0.0157. The first-order valence-corrected chi connectivity index (χ1v) is 6.52. The summed E-state index contributed by atoms with van der Waals surface area (Å²) in [4.78, 5) is 11.7. The van der Waals surface area contributed by atoms with E-state index in [1.165, 1.54) is 12.8 Å². The first kappa shape index (κ1) is 14.5. The van der Waals surface area contributed by atoms with Crippen LogP contribution >= 0.6 is 0 Å². The summed E-state index contributed by atoms with van der Waals surface area (Å²) in [6.45, 7) is 10.2. The van der Waals surface area contributed by atoms with Gasteiger partial charge in [-0.2, -0.15) is 0 Å². The molecule has 0 spiro atoms. The van der Waals surface area contributed by atoms with Crippen molar-refractivity contribution in [1.29, 1.82) is 0 Å². The highest BCUT2D eigenvalue weighted by atomic mass is 16.5. The van der Waals surface area contributed by atoms with Crippen molar-refractivity contribution in [2.24, 2.45) is 5.92 Å². The van der Waals surface area contributed by atoms with Crippen LogP contribution in [0.2, 0.25) is 0 Å². The molecule has 17 heavy (non-hydrogen) atoms. The average Bonchev–Trinajstić information content (AvgIpc) is 2.27. The van der Waals surface area contributed by atoms with Crippen molar-refractivity contribution in [2.45, 2.75) is 52.2 Å². The first-order chi connectivity index (χ1) is 7.88. The molecule has 0 radical (unpaired) electrons. The van der Waals surface area contributed by atoms with E-state index in [-0.39, 0.29) is 24.2 Å². The Bertz CT molecular complexity index is 242. The molecule has 1 heterocycles. The Labute approximate surface area is 104 Å². The molecule has 0 aromatic rings. The number of carbonyl (C=O) groups is 1. The van der Waals surface area contributed by atoms with Gasteiger partial charge in [-0.25, -0.2) is 0 Å². The van der Waals surface area contributed by atoms with E-state index in [0.717, 1.165) is 13.1 Å². The molecule has 4 heteroatoms. The minimum Gasteiger partial charge on any atom is -0.366 e. The van der Waals surface area contributed by atoms with Crippen LogP contribution in [0.15, 0.2) is 0 Å². The van der Waals surface area contributed by atoms with Gasteiger partial charge in [0.2, 0.25) is 5.91 Å². The molecule has 2 unspecified atom stereocenters. The Morgan fingerprint density at radius 3 is 2.76 bits per heavy atom. The van der Waals surface area contributed by atoms with E-state index < -0.39 is 0 Å². The zero-order valence-electron chi connectivity index (χ0n) is 11.5. The van der Waals surface area contributed by atoms with E-state index in [1.54, 1.807) is 0 Å². The summed E-state index contributed by atoms with van der Waals surface area (Å²) in [6.07, 6.45) is 2.39. The second-order valence-corrected chi connectivity index (χ2v) is 5.86. The summed E-state index contributed by atoms with van der Waals surface area (Å²) in [5.41, 5.74) is -0.257. The van der Waals surface area contributed by atoms with Crippen LogP contribution in [-0.2, 0) is 9.53 Å². The molecule has 1 aliphatic heterocycles. The summed E-state index contributed by atoms with van der Waals surface area (Å²) in [5, 5.41) is 6.38. The predicted molar refractivity (Wildman–Crippen MR) is 68.9 cm³/mol. The van der Waals surface area contributed by atoms with Crippen molar-refractivity contribution in [3.8, 4) is 0 Å². The zero-order valence-corrected chi connectivity index (χ0v) is 11.5. The predicted octanol–water partition coefficient (Wildman–Crippen LogP) is 1.31. The number of carbonyl (C=O) groups excluding carboxylic acids is 1. The standard InChI is InChI=1S/C13H26N2O2/c1-10(11-6-5-7-14-8-11)15-12(16)9-17-13(2,3)4/h10-11,14H,5-9H2,1-4H3,(H,15,16). The van der Waals surface area contributed by atoms with Crippen molar-refractivity contribution in [3.05, 3.63) is 0 Å². The van der Waals surface area contributed by atoms with Gasteiger partial charge in [0.05, 0.1) is 5.60 Å². The number of hydrogen-bond donors (Lipinski definition) is 2. The fourth-order valence-electron chi connectivity index (χ4n) is 2.00. The Balaban J connectivity index is 2.25. The lowest BCUT2D eigenvalue weighted by Crippen LogP contribution is -2.46. The lowest BCUT2D eigenvalue weighted by molar-refractivity contribution is -0.131. The third kappa shape index (κ3) is 6.03. The molecule has 100 valence electrons. The topological polar surface area (TPSA) is 50.4 Å². The van der Waals surface area contributed by atoms with Crippen molar-refractivity contribution >= 4 is 5.91 Å². The molecule has 0 aromatic carbocycles. The van der Waals surface area contributed by atoms with Gasteiger partial charge in [-0.3, -0.25) is 4.79 Å². The number of hydrogen-bond acceptors (Lipinski definition) is 3. The molecular weight excluding hydrogens is 216 g/mol. The molecule has 1 amide bonds. The second-order valence-electron chi connectivity index (χ2n) is 5.86. The van der Waals surface area contributed by atoms with Gasteiger partial charge in [-0.1, -0.05) is 0 Å². The maximum absolute atomic E-state index is 11.7. The molecule has 4 nitrogen and oxygen atoms in total. The molecule has 2 atom stereocenters. The van der Waals surface area contributed by atoms with Crippen LogP contribution in [0.1, 0.15) is 40.5 Å². The molecule has 2 N–H and O–H groups in total. The van der Waals surface area contributed by atoms with Gasteiger partial charge < -0.3 is 15.4 Å². The highest BCUT2D eigenvalue weighted by Crippen LogP contribution is 2.14. The second kappa shape index (κ2) is 6.36. The van der Waals surface area contributed by atoms with Gasteiger partial charge in [-0.15, -0.1) is 0 Å². The third-order valence-corrected chi connectivity index (χ3v) is 3.07. The average molecular weight is 242 g/mol. The van der Waals surface area contributed by atoms with Gasteiger partial charge in [0, 0.05) is 6.04 Å². The lowest BCUT2D eigenvalue weighted by atomic mass is 9.93. The van der Waals surface area contributed by atoms with Crippen molar-refractivity contribution in [2.75, 3.05) is 19.7 Å². The van der Waals surface area contributed by atoms with Crippen molar-refractivity contribution < 1.29 is 9.53 Å². The number of rotatable bonds is 4. The summed E-state index contributed by atoms with van der Waals surface area (Å²) < 4.78 is 5.45. The van der Waals surface area contributed by atoms with Crippen LogP contribution < -0.4 is 10.6 Å². The van der Waals surface area contributed by atoms with Gasteiger partial charge in [0.15, 0.2) is 0 Å². The molecule has 0 aromatic heterocycles. The molecule has 0 bridgehead atoms.